The van der Waals surface area contributed by atoms with Crippen molar-refractivity contribution >= 4 is 28.6 Å². The van der Waals surface area contributed by atoms with Gasteiger partial charge in [-0.3, -0.25) is 9.78 Å². The van der Waals surface area contributed by atoms with E-state index in [0.717, 1.165) is 5.69 Å². The SMILES string of the molecule is O=C(NCc1ccccn1)c1ccc2oc(Cl)nc2c1. The quantitative estimate of drug-likeness (QED) is 0.804. The maximum Gasteiger partial charge on any atom is 0.293 e. The number of nitrogens with zero attached hydrogens (tertiary/aromatic N) is 2. The highest BCUT2D eigenvalue weighted by molar-refractivity contribution is 6.28. The molecule has 20 heavy (non-hydrogen) atoms. The van der Waals surface area contributed by atoms with E-state index < -0.39 is 0 Å². The number of benzene rings is 1. The van der Waals surface area contributed by atoms with E-state index in [1.54, 1.807) is 24.4 Å². The van der Waals surface area contributed by atoms with E-state index in [1.165, 1.54) is 0 Å². The Morgan fingerprint density at radius 2 is 2.20 bits per heavy atom. The summed E-state index contributed by atoms with van der Waals surface area (Å²) in [6.07, 6.45) is 1.69. The molecular weight excluding hydrogens is 278 g/mol. The number of halogens is 1. The van der Waals surface area contributed by atoms with Crippen LogP contribution in [-0.4, -0.2) is 15.9 Å². The van der Waals surface area contributed by atoms with Crippen LogP contribution in [0, 0.1) is 0 Å². The lowest BCUT2D eigenvalue weighted by molar-refractivity contribution is 0.0950. The van der Waals surface area contributed by atoms with Gasteiger partial charge in [-0.05, 0) is 41.9 Å². The first kappa shape index (κ1) is 12.6. The first-order valence-electron chi connectivity index (χ1n) is 5.96. The number of rotatable bonds is 3. The van der Waals surface area contributed by atoms with Gasteiger partial charge in [-0.2, -0.15) is 4.98 Å². The van der Waals surface area contributed by atoms with Crippen LogP contribution in [0.2, 0.25) is 5.35 Å². The Labute approximate surface area is 119 Å². The summed E-state index contributed by atoms with van der Waals surface area (Å²) in [6.45, 7) is 0.372. The van der Waals surface area contributed by atoms with Gasteiger partial charge in [0.05, 0.1) is 12.2 Å². The van der Waals surface area contributed by atoms with E-state index in [4.69, 9.17) is 16.0 Å². The molecule has 0 spiro atoms. The Kier molecular flexibility index (Phi) is 3.35. The molecule has 0 unspecified atom stereocenters. The summed E-state index contributed by atoms with van der Waals surface area (Å²) in [5.74, 6) is -0.198. The van der Waals surface area contributed by atoms with Crippen LogP contribution in [0.3, 0.4) is 0 Å². The number of carbonyl (C=O) groups excluding carboxylic acids is 1. The fourth-order valence-corrected chi connectivity index (χ4v) is 1.99. The third-order valence-electron chi connectivity index (χ3n) is 2.78. The molecule has 0 saturated heterocycles. The second-order valence-electron chi connectivity index (χ2n) is 4.15. The van der Waals surface area contributed by atoms with Crippen molar-refractivity contribution in [2.24, 2.45) is 0 Å². The number of fused-ring (bicyclic) bond motifs is 1. The molecule has 3 aromatic rings. The van der Waals surface area contributed by atoms with Crippen molar-refractivity contribution in [3.8, 4) is 0 Å². The molecule has 5 nitrogen and oxygen atoms in total. The molecule has 0 bridgehead atoms. The highest BCUT2D eigenvalue weighted by atomic mass is 35.5. The molecule has 0 aliphatic rings. The lowest BCUT2D eigenvalue weighted by atomic mass is 10.2. The summed E-state index contributed by atoms with van der Waals surface area (Å²) >= 11 is 5.67. The van der Waals surface area contributed by atoms with Crippen LogP contribution >= 0.6 is 11.6 Å². The number of oxazole rings is 1. The van der Waals surface area contributed by atoms with Gasteiger partial charge in [-0.15, -0.1) is 0 Å². The molecule has 1 amide bonds. The highest BCUT2D eigenvalue weighted by Crippen LogP contribution is 2.19. The molecular formula is C14H10ClN3O2. The van der Waals surface area contributed by atoms with Gasteiger partial charge < -0.3 is 9.73 Å². The maximum absolute atomic E-state index is 12.0. The summed E-state index contributed by atoms with van der Waals surface area (Å²) in [7, 11) is 0. The molecule has 0 radical (unpaired) electrons. The predicted octanol–water partition coefficient (Wildman–Crippen LogP) is 2.81. The Morgan fingerprint density at radius 3 is 3.00 bits per heavy atom. The number of amides is 1. The van der Waals surface area contributed by atoms with E-state index in [2.05, 4.69) is 15.3 Å². The molecule has 2 aromatic heterocycles. The van der Waals surface area contributed by atoms with Crippen molar-refractivity contribution in [1.82, 2.24) is 15.3 Å². The summed E-state index contributed by atoms with van der Waals surface area (Å²) < 4.78 is 5.14. The molecule has 2 heterocycles. The molecule has 0 fully saturated rings. The number of pyridine rings is 1. The van der Waals surface area contributed by atoms with Crippen molar-refractivity contribution in [1.29, 1.82) is 0 Å². The van der Waals surface area contributed by atoms with E-state index in [0.29, 0.717) is 23.2 Å². The summed E-state index contributed by atoms with van der Waals surface area (Å²) in [6, 6.07) is 10.5. The fraction of sp³-hybridized carbons (Fsp3) is 0.0714. The topological polar surface area (TPSA) is 68.0 Å². The van der Waals surface area contributed by atoms with Gasteiger partial charge in [0.2, 0.25) is 0 Å². The maximum atomic E-state index is 12.0. The smallest absolute Gasteiger partial charge is 0.293 e. The van der Waals surface area contributed by atoms with Crippen molar-refractivity contribution in [3.63, 3.8) is 0 Å². The van der Waals surface area contributed by atoms with Crippen LogP contribution in [0.1, 0.15) is 16.1 Å². The molecule has 6 heteroatoms. The third-order valence-corrected chi connectivity index (χ3v) is 2.94. The Balaban J connectivity index is 1.75. The zero-order valence-corrected chi connectivity index (χ0v) is 11.1. The lowest BCUT2D eigenvalue weighted by Crippen LogP contribution is -2.23. The zero-order chi connectivity index (χ0) is 13.9. The van der Waals surface area contributed by atoms with Crippen molar-refractivity contribution < 1.29 is 9.21 Å². The van der Waals surface area contributed by atoms with Gasteiger partial charge in [0.25, 0.3) is 11.3 Å². The normalized spacial score (nSPS) is 10.7. The molecule has 0 atom stereocenters. The van der Waals surface area contributed by atoms with Crippen LogP contribution in [0.5, 0.6) is 0 Å². The Bertz CT molecular complexity index is 755. The van der Waals surface area contributed by atoms with E-state index >= 15 is 0 Å². The van der Waals surface area contributed by atoms with Crippen LogP contribution in [0.15, 0.2) is 47.0 Å². The third kappa shape index (κ3) is 2.62. The van der Waals surface area contributed by atoms with Gasteiger partial charge in [-0.1, -0.05) is 6.07 Å². The molecule has 100 valence electrons. The molecule has 0 aliphatic carbocycles. The van der Waals surface area contributed by atoms with Crippen LogP contribution in [-0.2, 0) is 6.54 Å². The molecule has 1 N–H and O–H groups in total. The molecule has 1 aromatic carbocycles. The second kappa shape index (κ2) is 5.30. The van der Waals surface area contributed by atoms with Crippen molar-refractivity contribution in [2.75, 3.05) is 0 Å². The van der Waals surface area contributed by atoms with E-state index in [1.807, 2.05) is 18.2 Å². The second-order valence-corrected chi connectivity index (χ2v) is 4.48. The van der Waals surface area contributed by atoms with Gasteiger partial charge in [0, 0.05) is 11.8 Å². The summed E-state index contributed by atoms with van der Waals surface area (Å²) in [5, 5.41) is 2.86. The lowest BCUT2D eigenvalue weighted by Gasteiger charge is -2.04. The van der Waals surface area contributed by atoms with Gasteiger partial charge in [-0.25, -0.2) is 0 Å². The average Bonchev–Trinajstić information content (AvgIpc) is 2.85. The molecule has 0 aliphatic heterocycles. The van der Waals surface area contributed by atoms with Crippen LogP contribution < -0.4 is 5.32 Å². The molecule has 0 saturated carbocycles. The van der Waals surface area contributed by atoms with Gasteiger partial charge in [0.15, 0.2) is 5.58 Å². The van der Waals surface area contributed by atoms with Crippen molar-refractivity contribution in [3.05, 3.63) is 59.2 Å². The number of hydrogen-bond donors (Lipinski definition) is 1. The Morgan fingerprint density at radius 1 is 1.30 bits per heavy atom. The monoisotopic (exact) mass is 287 g/mol. The Hall–Kier alpha value is -2.40. The number of aromatic nitrogens is 2. The minimum absolute atomic E-state index is 0.0612. The number of hydrogen-bond acceptors (Lipinski definition) is 4. The minimum atomic E-state index is -0.198. The average molecular weight is 288 g/mol. The highest BCUT2D eigenvalue weighted by Gasteiger charge is 2.09. The van der Waals surface area contributed by atoms with Gasteiger partial charge in [0.1, 0.15) is 5.52 Å². The zero-order valence-electron chi connectivity index (χ0n) is 10.3. The van der Waals surface area contributed by atoms with Crippen LogP contribution in [0.25, 0.3) is 11.1 Å². The first-order chi connectivity index (χ1) is 9.72. The van der Waals surface area contributed by atoms with Crippen LogP contribution in [0.4, 0.5) is 0 Å². The fourth-order valence-electron chi connectivity index (χ4n) is 1.82. The minimum Gasteiger partial charge on any atom is -0.428 e. The number of nitrogens with one attached hydrogen (secondary N) is 1. The van der Waals surface area contributed by atoms with E-state index in [-0.39, 0.29) is 11.3 Å². The largest absolute Gasteiger partial charge is 0.428 e. The van der Waals surface area contributed by atoms with Gasteiger partial charge >= 0.3 is 0 Å². The molecule has 3 rings (SSSR count). The standard InChI is InChI=1S/C14H10ClN3O2/c15-14-18-11-7-9(4-5-12(11)20-14)13(19)17-8-10-3-1-2-6-16-10/h1-7H,8H2,(H,17,19). The summed E-state index contributed by atoms with van der Waals surface area (Å²) in [4.78, 5) is 20.2. The first-order valence-corrected chi connectivity index (χ1v) is 6.34. The predicted molar refractivity (Wildman–Crippen MR) is 74.4 cm³/mol. The number of carbonyl (C=O) groups is 1. The van der Waals surface area contributed by atoms with Crippen molar-refractivity contribution in [2.45, 2.75) is 6.54 Å². The summed E-state index contributed by atoms with van der Waals surface area (Å²) in [5.41, 5.74) is 2.40. The van der Waals surface area contributed by atoms with E-state index in [9.17, 15) is 4.79 Å².